The van der Waals surface area contributed by atoms with Gasteiger partial charge in [0.2, 0.25) is 0 Å². The Morgan fingerprint density at radius 2 is 2.03 bits per heavy atom. The predicted molar refractivity (Wildman–Crippen MR) is 128 cm³/mol. The highest BCUT2D eigenvalue weighted by Crippen LogP contribution is 2.42. The lowest BCUT2D eigenvalue weighted by atomic mass is 10.2. The summed E-state index contributed by atoms with van der Waals surface area (Å²) in [5.74, 6) is 1.52. The van der Waals surface area contributed by atoms with Crippen molar-refractivity contribution in [2.45, 2.75) is 26.7 Å². The van der Waals surface area contributed by atoms with E-state index in [1.807, 2.05) is 26.0 Å². The van der Waals surface area contributed by atoms with Crippen LogP contribution in [0.2, 0.25) is 5.02 Å². The second kappa shape index (κ2) is 9.94. The molecule has 9 heteroatoms. The van der Waals surface area contributed by atoms with E-state index in [0.717, 1.165) is 10.9 Å². The highest BCUT2D eigenvalue weighted by Gasteiger charge is 2.17. The van der Waals surface area contributed by atoms with E-state index in [1.54, 1.807) is 18.3 Å². The fourth-order valence-electron chi connectivity index (χ4n) is 2.97. The summed E-state index contributed by atoms with van der Waals surface area (Å²) >= 11 is 13.3. The summed E-state index contributed by atoms with van der Waals surface area (Å²) in [5.41, 5.74) is 1.06. The van der Waals surface area contributed by atoms with E-state index in [2.05, 4.69) is 41.9 Å². The number of nitrogens with zero attached hydrogens (tertiary/aromatic N) is 3. The van der Waals surface area contributed by atoms with Gasteiger partial charge in [-0.3, -0.25) is 4.79 Å². The second-order valence-electron chi connectivity index (χ2n) is 6.36. The van der Waals surface area contributed by atoms with E-state index in [-0.39, 0.29) is 5.56 Å². The number of hydrogen-bond donors (Lipinski definition) is 0. The zero-order valence-electron chi connectivity index (χ0n) is 16.7. The van der Waals surface area contributed by atoms with Gasteiger partial charge in [0.05, 0.1) is 30.8 Å². The van der Waals surface area contributed by atoms with Gasteiger partial charge in [0.25, 0.3) is 5.56 Å². The summed E-state index contributed by atoms with van der Waals surface area (Å²) in [7, 11) is 1.53. The molecule has 1 heterocycles. The van der Waals surface area contributed by atoms with Gasteiger partial charge in [-0.1, -0.05) is 34.5 Å². The molecule has 3 aromatic rings. The summed E-state index contributed by atoms with van der Waals surface area (Å²) in [6, 6.07) is 7.20. The molecular weight excluding hydrogens is 538 g/mol. The lowest BCUT2D eigenvalue weighted by Crippen LogP contribution is -2.22. The molecule has 0 amide bonds. The first-order chi connectivity index (χ1) is 14.4. The smallest absolute Gasteiger partial charge is 0.282 e. The van der Waals surface area contributed by atoms with Crippen LogP contribution in [-0.2, 0) is 6.42 Å². The molecule has 0 atom stereocenters. The quantitative estimate of drug-likeness (QED) is 0.344. The Morgan fingerprint density at radius 3 is 2.70 bits per heavy atom. The van der Waals surface area contributed by atoms with Crippen LogP contribution in [0.5, 0.6) is 11.5 Å². The number of hydrogen-bond acceptors (Lipinski definition) is 5. The molecule has 0 saturated carbocycles. The minimum atomic E-state index is -0.234. The summed E-state index contributed by atoms with van der Waals surface area (Å²) < 4.78 is 13.7. The average Bonchev–Trinajstić information content (AvgIpc) is 2.72. The lowest BCUT2D eigenvalue weighted by molar-refractivity contribution is 0.311. The summed E-state index contributed by atoms with van der Waals surface area (Å²) in [4.78, 5) is 17.8. The number of fused-ring (bicyclic) bond motifs is 1. The molecule has 0 radical (unpaired) electrons. The van der Waals surface area contributed by atoms with Crippen molar-refractivity contribution in [3.8, 4) is 11.5 Å². The number of aromatic nitrogens is 2. The molecule has 0 N–H and O–H groups in total. The standard InChI is InChI=1S/C21H20Br2ClN3O3/c1-4-6-17-26-15-8-7-13(22)10-14(15)21(28)27(17)25-11-12-9-16(30-5-2)20(29-3)19(24)18(12)23/h7-11H,4-6H2,1-3H3. The summed E-state index contributed by atoms with van der Waals surface area (Å²) in [5, 5.41) is 5.31. The molecular formula is C21H20Br2ClN3O3. The van der Waals surface area contributed by atoms with Gasteiger partial charge in [-0.2, -0.15) is 9.78 Å². The number of halogens is 3. The molecule has 0 aliphatic rings. The van der Waals surface area contributed by atoms with Crippen LogP contribution in [-0.4, -0.2) is 29.6 Å². The van der Waals surface area contributed by atoms with Crippen molar-refractivity contribution < 1.29 is 9.47 Å². The van der Waals surface area contributed by atoms with Crippen LogP contribution >= 0.6 is 43.5 Å². The van der Waals surface area contributed by atoms with Crippen LogP contribution in [0.4, 0.5) is 0 Å². The van der Waals surface area contributed by atoms with Gasteiger partial charge in [0, 0.05) is 20.9 Å². The van der Waals surface area contributed by atoms with Gasteiger partial charge < -0.3 is 9.47 Å². The molecule has 30 heavy (non-hydrogen) atoms. The van der Waals surface area contributed by atoms with Crippen LogP contribution < -0.4 is 15.0 Å². The molecule has 0 saturated heterocycles. The predicted octanol–water partition coefficient (Wildman–Crippen LogP) is 5.82. The maximum absolute atomic E-state index is 13.1. The van der Waals surface area contributed by atoms with E-state index < -0.39 is 0 Å². The van der Waals surface area contributed by atoms with Gasteiger partial charge in [-0.25, -0.2) is 4.98 Å². The Bertz CT molecular complexity index is 1180. The fourth-order valence-corrected chi connectivity index (χ4v) is 4.01. The summed E-state index contributed by atoms with van der Waals surface area (Å²) in [6.45, 7) is 4.35. The first-order valence-electron chi connectivity index (χ1n) is 9.35. The molecule has 1 aromatic heterocycles. The van der Waals surface area contributed by atoms with E-state index in [1.165, 1.54) is 11.8 Å². The number of ether oxygens (including phenoxy) is 2. The minimum Gasteiger partial charge on any atom is -0.491 e. The Balaban J connectivity index is 2.17. The molecule has 3 rings (SSSR count). The molecule has 0 unspecified atom stereocenters. The van der Waals surface area contributed by atoms with E-state index in [9.17, 15) is 4.79 Å². The Labute approximate surface area is 196 Å². The van der Waals surface area contributed by atoms with Crippen molar-refractivity contribution in [3.63, 3.8) is 0 Å². The zero-order valence-corrected chi connectivity index (χ0v) is 20.6. The molecule has 2 aromatic carbocycles. The first kappa shape index (κ1) is 22.8. The van der Waals surface area contributed by atoms with Crippen molar-refractivity contribution in [3.05, 3.63) is 60.0 Å². The highest BCUT2D eigenvalue weighted by molar-refractivity contribution is 9.10. The SMILES string of the molecule is CCCc1nc2ccc(Br)cc2c(=O)n1N=Cc1cc(OCC)c(OC)c(Cl)c1Br. The maximum atomic E-state index is 13.1. The van der Waals surface area contributed by atoms with Crippen molar-refractivity contribution in [2.75, 3.05) is 13.7 Å². The zero-order chi connectivity index (χ0) is 21.8. The minimum absolute atomic E-state index is 0.234. The van der Waals surface area contributed by atoms with Gasteiger partial charge in [-0.15, -0.1) is 0 Å². The second-order valence-corrected chi connectivity index (χ2v) is 8.45. The van der Waals surface area contributed by atoms with Gasteiger partial charge in [0.15, 0.2) is 11.5 Å². The number of benzene rings is 2. The lowest BCUT2D eigenvalue weighted by Gasteiger charge is -2.14. The highest BCUT2D eigenvalue weighted by atomic mass is 79.9. The normalized spacial score (nSPS) is 11.4. The maximum Gasteiger partial charge on any atom is 0.282 e. The third-order valence-electron chi connectivity index (χ3n) is 4.32. The van der Waals surface area contributed by atoms with Crippen molar-refractivity contribution in [1.29, 1.82) is 0 Å². The average molecular weight is 558 g/mol. The van der Waals surface area contributed by atoms with Gasteiger partial charge >= 0.3 is 0 Å². The molecule has 0 aliphatic heterocycles. The van der Waals surface area contributed by atoms with Crippen LogP contribution in [0.25, 0.3) is 10.9 Å². The van der Waals surface area contributed by atoms with Crippen LogP contribution in [0.1, 0.15) is 31.7 Å². The molecule has 0 aliphatic carbocycles. The largest absolute Gasteiger partial charge is 0.491 e. The summed E-state index contributed by atoms with van der Waals surface area (Å²) in [6.07, 6.45) is 3.01. The van der Waals surface area contributed by atoms with Gasteiger partial charge in [-0.05, 0) is 53.5 Å². The number of methoxy groups -OCH3 is 1. The third kappa shape index (κ3) is 4.55. The van der Waals surface area contributed by atoms with E-state index in [0.29, 0.717) is 56.3 Å². The first-order valence-corrected chi connectivity index (χ1v) is 11.3. The molecule has 158 valence electrons. The van der Waals surface area contributed by atoms with Crippen molar-refractivity contribution >= 4 is 60.6 Å². The monoisotopic (exact) mass is 555 g/mol. The van der Waals surface area contributed by atoms with Crippen LogP contribution in [0.15, 0.2) is 43.1 Å². The van der Waals surface area contributed by atoms with Crippen LogP contribution in [0.3, 0.4) is 0 Å². The fraction of sp³-hybridized carbons (Fsp3) is 0.286. The van der Waals surface area contributed by atoms with Crippen molar-refractivity contribution in [1.82, 2.24) is 9.66 Å². The molecule has 0 spiro atoms. The third-order valence-corrected chi connectivity index (χ3v) is 6.26. The molecule has 0 bridgehead atoms. The van der Waals surface area contributed by atoms with Crippen LogP contribution in [0, 0.1) is 0 Å². The van der Waals surface area contributed by atoms with E-state index in [4.69, 9.17) is 21.1 Å². The molecule has 6 nitrogen and oxygen atoms in total. The number of rotatable bonds is 7. The van der Waals surface area contributed by atoms with E-state index >= 15 is 0 Å². The van der Waals surface area contributed by atoms with Crippen molar-refractivity contribution in [2.24, 2.45) is 5.10 Å². The topological polar surface area (TPSA) is 65.7 Å². The molecule has 0 fully saturated rings. The Morgan fingerprint density at radius 1 is 1.27 bits per heavy atom. The Hall–Kier alpha value is -1.90. The van der Waals surface area contributed by atoms with Gasteiger partial charge in [0.1, 0.15) is 10.8 Å². The Kier molecular flexibility index (Phi) is 7.55. The number of aryl methyl sites for hydroxylation is 1.